The van der Waals surface area contributed by atoms with E-state index in [1.807, 2.05) is 6.08 Å². The van der Waals surface area contributed by atoms with E-state index in [9.17, 15) is 4.79 Å². The van der Waals surface area contributed by atoms with E-state index in [0.717, 1.165) is 19.3 Å². The summed E-state index contributed by atoms with van der Waals surface area (Å²) < 4.78 is 0. The lowest BCUT2D eigenvalue weighted by molar-refractivity contribution is -0.115. The second-order valence-electron chi connectivity index (χ2n) is 7.14. The number of ketones is 1. The molecule has 1 nitrogen and oxygen atoms in total. The molecule has 2 rings (SSSR count). The van der Waals surface area contributed by atoms with Crippen LogP contribution in [0.3, 0.4) is 0 Å². The zero-order valence-corrected chi connectivity index (χ0v) is 11.7. The number of hydrogen-bond acceptors (Lipinski definition) is 1. The van der Waals surface area contributed by atoms with Crippen molar-refractivity contribution in [1.29, 1.82) is 0 Å². The molecule has 17 heavy (non-hydrogen) atoms. The molecular weight excluding hydrogens is 207 g/mol. The minimum absolute atomic E-state index is 0.319. The molecule has 2 aliphatic rings. The van der Waals surface area contributed by atoms with Crippen molar-refractivity contribution in [1.82, 2.24) is 0 Å². The zero-order chi connectivity index (χ0) is 12.7. The van der Waals surface area contributed by atoms with Crippen molar-refractivity contribution in [3.05, 3.63) is 11.5 Å². The Morgan fingerprint density at radius 3 is 2.24 bits per heavy atom. The third-order valence-corrected chi connectivity index (χ3v) is 5.06. The van der Waals surface area contributed by atoms with Crippen LogP contribution >= 0.6 is 0 Å². The maximum absolute atomic E-state index is 11.4. The van der Waals surface area contributed by atoms with E-state index in [1.54, 1.807) is 0 Å². The van der Waals surface area contributed by atoms with E-state index in [2.05, 4.69) is 35.0 Å². The van der Waals surface area contributed by atoms with Gasteiger partial charge in [-0.1, -0.05) is 46.4 Å². The highest BCUT2D eigenvalue weighted by Crippen LogP contribution is 2.57. The predicted molar refractivity (Wildman–Crippen MR) is 73.2 cm³/mol. The Balaban J connectivity index is 2.01. The summed E-state index contributed by atoms with van der Waals surface area (Å²) in [5, 5.41) is 0. The second kappa shape index (κ2) is 4.30. The minimum Gasteiger partial charge on any atom is -0.295 e. The number of rotatable bonds is 2. The number of allylic oxidation sites excluding steroid dienone is 2. The molecular formula is C15H24BO. The summed E-state index contributed by atoms with van der Waals surface area (Å²) in [4.78, 5) is 11.4. The summed E-state index contributed by atoms with van der Waals surface area (Å²) in [7, 11) is 2.38. The van der Waals surface area contributed by atoms with Crippen LogP contribution in [0.1, 0.15) is 59.8 Å². The lowest BCUT2D eigenvalue weighted by atomic mass is 9.55. The molecule has 2 heteroatoms. The van der Waals surface area contributed by atoms with E-state index in [0.29, 0.717) is 22.4 Å². The Hall–Kier alpha value is -0.525. The third kappa shape index (κ3) is 2.66. The molecule has 1 saturated carbocycles. The fourth-order valence-corrected chi connectivity index (χ4v) is 3.31. The van der Waals surface area contributed by atoms with Gasteiger partial charge in [0, 0.05) is 6.42 Å². The third-order valence-electron chi connectivity index (χ3n) is 5.06. The number of hydrogen-bond donors (Lipinski definition) is 0. The molecule has 0 amide bonds. The van der Waals surface area contributed by atoms with Crippen LogP contribution in [0.5, 0.6) is 0 Å². The standard InChI is InChI=1S/C15H24BO/c1-14(2)9-12(10-15(14,3)4)16-11-6-5-7-13(17)8-11/h8,12H,5-7,9-10H2,1-4H3. The van der Waals surface area contributed by atoms with Crippen LogP contribution in [0, 0.1) is 10.8 Å². The van der Waals surface area contributed by atoms with Crippen molar-refractivity contribution in [2.75, 3.05) is 0 Å². The lowest BCUT2D eigenvalue weighted by Gasteiger charge is -2.34. The van der Waals surface area contributed by atoms with Gasteiger partial charge in [-0.3, -0.25) is 4.79 Å². The first-order valence-corrected chi connectivity index (χ1v) is 6.88. The van der Waals surface area contributed by atoms with Gasteiger partial charge >= 0.3 is 0 Å². The van der Waals surface area contributed by atoms with Crippen LogP contribution in [0.2, 0.25) is 5.82 Å². The van der Waals surface area contributed by atoms with Crippen LogP contribution < -0.4 is 0 Å². The summed E-state index contributed by atoms with van der Waals surface area (Å²) in [6.45, 7) is 9.50. The Labute approximate surface area is 106 Å². The molecule has 0 bridgehead atoms. The smallest absolute Gasteiger partial charge is 0.154 e. The maximum atomic E-state index is 11.4. The molecule has 0 aromatic rings. The molecule has 0 heterocycles. The molecule has 0 N–H and O–H groups in total. The van der Waals surface area contributed by atoms with Gasteiger partial charge in [0.2, 0.25) is 0 Å². The van der Waals surface area contributed by atoms with Gasteiger partial charge in [-0.25, -0.2) is 0 Å². The molecule has 1 fully saturated rings. The zero-order valence-electron chi connectivity index (χ0n) is 11.7. The van der Waals surface area contributed by atoms with Crippen molar-refractivity contribution in [3.63, 3.8) is 0 Å². The van der Waals surface area contributed by atoms with Crippen molar-refractivity contribution in [2.45, 2.75) is 65.6 Å². The molecule has 1 radical (unpaired) electrons. The summed E-state index contributed by atoms with van der Waals surface area (Å²) >= 11 is 0. The van der Waals surface area contributed by atoms with Crippen molar-refractivity contribution < 1.29 is 4.79 Å². The average molecular weight is 231 g/mol. The van der Waals surface area contributed by atoms with E-state index < -0.39 is 0 Å². The highest BCUT2D eigenvalue weighted by atomic mass is 16.1. The Morgan fingerprint density at radius 2 is 1.71 bits per heavy atom. The van der Waals surface area contributed by atoms with Gasteiger partial charge in [0.15, 0.2) is 5.78 Å². The van der Waals surface area contributed by atoms with Crippen molar-refractivity contribution in [3.8, 4) is 0 Å². The molecule has 0 aromatic carbocycles. The van der Waals surface area contributed by atoms with E-state index in [-0.39, 0.29) is 0 Å². The van der Waals surface area contributed by atoms with Gasteiger partial charge in [-0.2, -0.15) is 0 Å². The lowest BCUT2D eigenvalue weighted by Crippen LogP contribution is -2.25. The minimum atomic E-state index is 0.319. The molecule has 0 aromatic heterocycles. The predicted octanol–water partition coefficient (Wildman–Crippen LogP) is 3.96. The van der Waals surface area contributed by atoms with E-state index in [4.69, 9.17) is 0 Å². The fourth-order valence-electron chi connectivity index (χ4n) is 3.31. The first-order valence-electron chi connectivity index (χ1n) is 6.88. The summed E-state index contributed by atoms with van der Waals surface area (Å²) in [6, 6.07) is 0. The summed E-state index contributed by atoms with van der Waals surface area (Å²) in [5.74, 6) is 0.983. The van der Waals surface area contributed by atoms with E-state index >= 15 is 0 Å². The highest BCUT2D eigenvalue weighted by Gasteiger charge is 2.46. The SMILES string of the molecule is CC1(C)CC([B]C2=CC(=O)CCC2)CC1(C)C. The highest BCUT2D eigenvalue weighted by molar-refractivity contribution is 6.48. The fraction of sp³-hybridized carbons (Fsp3) is 0.800. The van der Waals surface area contributed by atoms with Gasteiger partial charge in [0.25, 0.3) is 0 Å². The molecule has 0 unspecified atom stereocenters. The van der Waals surface area contributed by atoms with Gasteiger partial charge in [-0.15, -0.1) is 5.47 Å². The van der Waals surface area contributed by atoms with Crippen molar-refractivity contribution in [2.24, 2.45) is 10.8 Å². The number of carbonyl (C=O) groups excluding carboxylic acids is 1. The second-order valence-corrected chi connectivity index (χ2v) is 7.14. The quantitative estimate of drug-likeness (QED) is 0.657. The molecule has 0 atom stereocenters. The first-order chi connectivity index (χ1) is 7.80. The van der Waals surface area contributed by atoms with Crippen LogP contribution in [0.4, 0.5) is 0 Å². The Morgan fingerprint density at radius 1 is 1.12 bits per heavy atom. The number of carbonyl (C=O) groups is 1. The van der Waals surface area contributed by atoms with Crippen LogP contribution in [0.15, 0.2) is 11.5 Å². The molecule has 0 spiro atoms. The largest absolute Gasteiger partial charge is 0.295 e. The van der Waals surface area contributed by atoms with Crippen LogP contribution in [-0.2, 0) is 4.79 Å². The van der Waals surface area contributed by atoms with Crippen LogP contribution in [-0.4, -0.2) is 13.1 Å². The van der Waals surface area contributed by atoms with Gasteiger partial charge in [-0.05, 0) is 29.7 Å². The topological polar surface area (TPSA) is 17.1 Å². The molecule has 0 aliphatic heterocycles. The normalized spacial score (nSPS) is 28.0. The van der Waals surface area contributed by atoms with Crippen molar-refractivity contribution >= 4 is 13.1 Å². The maximum Gasteiger partial charge on any atom is 0.154 e. The summed E-state index contributed by atoms with van der Waals surface area (Å²) in [6.07, 6.45) is 7.28. The molecule has 0 saturated heterocycles. The summed E-state index contributed by atoms with van der Waals surface area (Å²) in [5.41, 5.74) is 2.11. The van der Waals surface area contributed by atoms with Gasteiger partial charge < -0.3 is 0 Å². The Bertz CT molecular complexity index is 336. The monoisotopic (exact) mass is 231 g/mol. The average Bonchev–Trinajstić information content (AvgIpc) is 2.34. The van der Waals surface area contributed by atoms with Gasteiger partial charge in [0.05, 0.1) is 0 Å². The first kappa shape index (κ1) is 12.9. The molecule has 93 valence electrons. The van der Waals surface area contributed by atoms with Gasteiger partial charge in [0.1, 0.15) is 7.28 Å². The van der Waals surface area contributed by atoms with Crippen LogP contribution in [0.25, 0.3) is 0 Å². The Kier molecular flexibility index (Phi) is 3.26. The molecule has 2 aliphatic carbocycles. The van der Waals surface area contributed by atoms with E-state index in [1.165, 1.54) is 18.3 Å².